The second kappa shape index (κ2) is 7.00. The smallest absolute Gasteiger partial charge is 0.261 e. The molecule has 0 saturated heterocycles. The molecular formula is C16H19NO2S2. The van der Waals surface area contributed by atoms with Gasteiger partial charge in [-0.05, 0) is 54.6 Å². The van der Waals surface area contributed by atoms with Crippen molar-refractivity contribution < 1.29 is 8.42 Å². The lowest BCUT2D eigenvalue weighted by atomic mass is 10.1. The molecule has 0 heterocycles. The number of aryl methyl sites for hydroxylation is 1. The number of sulfonamides is 1. The Morgan fingerprint density at radius 2 is 1.62 bits per heavy atom. The molecule has 2 aromatic carbocycles. The zero-order chi connectivity index (χ0) is 15.3. The molecule has 5 heteroatoms. The van der Waals surface area contributed by atoms with E-state index in [1.165, 1.54) is 0 Å². The molecule has 0 fully saturated rings. The highest BCUT2D eigenvalue weighted by atomic mass is 32.2. The van der Waals surface area contributed by atoms with Crippen LogP contribution in [0.3, 0.4) is 0 Å². The number of nitrogens with one attached hydrogen (secondary N) is 1. The van der Waals surface area contributed by atoms with Crippen LogP contribution in [-0.2, 0) is 16.4 Å². The molecule has 0 amide bonds. The maximum absolute atomic E-state index is 12.3. The largest absolute Gasteiger partial charge is 0.280 e. The van der Waals surface area contributed by atoms with Gasteiger partial charge in [0.1, 0.15) is 0 Å². The maximum Gasteiger partial charge on any atom is 0.261 e. The summed E-state index contributed by atoms with van der Waals surface area (Å²) >= 11 is 1.62. The van der Waals surface area contributed by atoms with E-state index in [9.17, 15) is 8.42 Å². The van der Waals surface area contributed by atoms with Gasteiger partial charge in [-0.1, -0.05) is 25.5 Å². The van der Waals surface area contributed by atoms with E-state index >= 15 is 0 Å². The summed E-state index contributed by atoms with van der Waals surface area (Å²) in [6.45, 7) is 2.10. The monoisotopic (exact) mass is 321 g/mol. The van der Waals surface area contributed by atoms with Gasteiger partial charge in [-0.3, -0.25) is 4.72 Å². The van der Waals surface area contributed by atoms with Crippen LogP contribution in [0.1, 0.15) is 18.9 Å². The van der Waals surface area contributed by atoms with Crippen LogP contribution in [0.2, 0.25) is 0 Å². The van der Waals surface area contributed by atoms with Gasteiger partial charge in [-0.15, -0.1) is 11.8 Å². The normalized spacial score (nSPS) is 11.3. The van der Waals surface area contributed by atoms with Crippen LogP contribution in [0.5, 0.6) is 0 Å². The van der Waals surface area contributed by atoms with E-state index in [2.05, 4.69) is 11.6 Å². The molecular weight excluding hydrogens is 302 g/mol. The number of rotatable bonds is 6. The predicted octanol–water partition coefficient (Wildman–Crippen LogP) is 4.16. The summed E-state index contributed by atoms with van der Waals surface area (Å²) in [5.74, 6) is 0. The first kappa shape index (κ1) is 15.9. The van der Waals surface area contributed by atoms with Crippen molar-refractivity contribution in [1.82, 2.24) is 0 Å². The van der Waals surface area contributed by atoms with Crippen molar-refractivity contribution in [2.24, 2.45) is 0 Å². The van der Waals surface area contributed by atoms with Crippen LogP contribution >= 0.6 is 11.8 Å². The van der Waals surface area contributed by atoms with Crippen molar-refractivity contribution in [2.75, 3.05) is 11.0 Å². The van der Waals surface area contributed by atoms with Crippen molar-refractivity contribution in [1.29, 1.82) is 0 Å². The number of hydrogen-bond acceptors (Lipinski definition) is 3. The molecule has 1 N–H and O–H groups in total. The Bertz CT molecular complexity index is 677. The van der Waals surface area contributed by atoms with Crippen LogP contribution < -0.4 is 4.72 Å². The molecule has 0 saturated carbocycles. The molecule has 0 aromatic heterocycles. The Kier molecular flexibility index (Phi) is 5.31. The van der Waals surface area contributed by atoms with Gasteiger partial charge in [0.05, 0.1) is 4.90 Å². The molecule has 0 spiro atoms. The van der Waals surface area contributed by atoms with Crippen LogP contribution in [-0.4, -0.2) is 14.7 Å². The molecule has 2 aromatic rings. The first-order valence-electron chi connectivity index (χ1n) is 6.81. The second-order valence-electron chi connectivity index (χ2n) is 4.73. The van der Waals surface area contributed by atoms with E-state index in [1.54, 1.807) is 36.0 Å². The van der Waals surface area contributed by atoms with Gasteiger partial charge in [-0.25, -0.2) is 8.42 Å². The first-order chi connectivity index (χ1) is 10.0. The highest BCUT2D eigenvalue weighted by Crippen LogP contribution is 2.20. The fraction of sp³-hybridized carbons (Fsp3) is 0.250. The summed E-state index contributed by atoms with van der Waals surface area (Å²) in [4.78, 5) is 1.39. The van der Waals surface area contributed by atoms with Crippen molar-refractivity contribution >= 4 is 27.5 Å². The molecule has 3 nitrogen and oxygen atoms in total. The first-order valence-corrected chi connectivity index (χ1v) is 9.52. The van der Waals surface area contributed by atoms with Gasteiger partial charge in [0, 0.05) is 10.6 Å². The second-order valence-corrected chi connectivity index (χ2v) is 7.29. The van der Waals surface area contributed by atoms with Crippen molar-refractivity contribution in [3.63, 3.8) is 0 Å². The fourth-order valence-corrected chi connectivity index (χ4v) is 3.46. The van der Waals surface area contributed by atoms with Gasteiger partial charge in [0.25, 0.3) is 10.0 Å². The average Bonchev–Trinajstić information content (AvgIpc) is 2.48. The molecule has 2 rings (SSSR count). The number of thioether (sulfide) groups is 1. The van der Waals surface area contributed by atoms with Crippen molar-refractivity contribution in [2.45, 2.75) is 29.6 Å². The van der Waals surface area contributed by atoms with E-state index in [0.29, 0.717) is 5.69 Å². The molecule has 0 unspecified atom stereocenters. The molecule has 0 aliphatic heterocycles. The quantitative estimate of drug-likeness (QED) is 0.813. The molecule has 0 atom stereocenters. The Balaban J connectivity index is 2.16. The molecule has 0 aliphatic rings. The zero-order valence-corrected chi connectivity index (χ0v) is 13.8. The number of benzene rings is 2. The maximum atomic E-state index is 12.3. The highest BCUT2D eigenvalue weighted by Gasteiger charge is 2.13. The Labute approximate surface area is 130 Å². The fourth-order valence-electron chi connectivity index (χ4n) is 2.00. The highest BCUT2D eigenvalue weighted by molar-refractivity contribution is 7.98. The van der Waals surface area contributed by atoms with E-state index in [0.717, 1.165) is 23.3 Å². The summed E-state index contributed by atoms with van der Waals surface area (Å²) in [5.41, 5.74) is 1.73. The summed E-state index contributed by atoms with van der Waals surface area (Å²) in [7, 11) is -3.52. The molecule has 0 aliphatic carbocycles. The lowest BCUT2D eigenvalue weighted by molar-refractivity contribution is 0.601. The average molecular weight is 321 g/mol. The summed E-state index contributed by atoms with van der Waals surface area (Å²) < 4.78 is 27.2. The zero-order valence-electron chi connectivity index (χ0n) is 12.2. The third kappa shape index (κ3) is 4.25. The van der Waals surface area contributed by atoms with Gasteiger partial charge >= 0.3 is 0 Å². The van der Waals surface area contributed by atoms with Crippen LogP contribution in [0.15, 0.2) is 58.3 Å². The topological polar surface area (TPSA) is 46.2 Å². The minimum Gasteiger partial charge on any atom is -0.280 e. The SMILES string of the molecule is CCCc1ccc(S(=O)(=O)Nc2ccc(SC)cc2)cc1. The van der Waals surface area contributed by atoms with Crippen LogP contribution in [0.25, 0.3) is 0 Å². The van der Waals surface area contributed by atoms with Gasteiger partial charge in [-0.2, -0.15) is 0 Å². The van der Waals surface area contributed by atoms with Crippen LogP contribution in [0, 0.1) is 0 Å². The lowest BCUT2D eigenvalue weighted by Crippen LogP contribution is -2.12. The standard InChI is InChI=1S/C16H19NO2S2/c1-3-4-13-5-11-16(12-6-13)21(18,19)17-14-7-9-15(20-2)10-8-14/h5-12,17H,3-4H2,1-2H3. The van der Waals surface area contributed by atoms with Gasteiger partial charge < -0.3 is 0 Å². The molecule has 112 valence electrons. The minimum atomic E-state index is -3.52. The van der Waals surface area contributed by atoms with Gasteiger partial charge in [0.15, 0.2) is 0 Å². The minimum absolute atomic E-state index is 0.288. The molecule has 0 bridgehead atoms. The number of hydrogen-bond donors (Lipinski definition) is 1. The van der Waals surface area contributed by atoms with E-state index in [-0.39, 0.29) is 4.90 Å². The van der Waals surface area contributed by atoms with Gasteiger partial charge in [0.2, 0.25) is 0 Å². The van der Waals surface area contributed by atoms with E-state index in [4.69, 9.17) is 0 Å². The van der Waals surface area contributed by atoms with E-state index in [1.807, 2.05) is 30.5 Å². The third-order valence-corrected chi connectivity index (χ3v) is 5.26. The number of anilines is 1. The molecule has 0 radical (unpaired) electrons. The third-order valence-electron chi connectivity index (χ3n) is 3.11. The van der Waals surface area contributed by atoms with Crippen molar-refractivity contribution in [3.8, 4) is 0 Å². The Morgan fingerprint density at radius 3 is 2.14 bits per heavy atom. The lowest BCUT2D eigenvalue weighted by Gasteiger charge is -2.09. The Morgan fingerprint density at radius 1 is 1.00 bits per heavy atom. The van der Waals surface area contributed by atoms with Crippen LogP contribution in [0.4, 0.5) is 5.69 Å². The summed E-state index contributed by atoms with van der Waals surface area (Å²) in [6, 6.07) is 14.4. The van der Waals surface area contributed by atoms with E-state index < -0.39 is 10.0 Å². The Hall–Kier alpha value is -1.46. The molecule has 21 heavy (non-hydrogen) atoms. The summed E-state index contributed by atoms with van der Waals surface area (Å²) in [6.07, 6.45) is 3.99. The summed E-state index contributed by atoms with van der Waals surface area (Å²) in [5, 5.41) is 0. The predicted molar refractivity (Wildman–Crippen MR) is 89.5 cm³/mol. The van der Waals surface area contributed by atoms with Crippen molar-refractivity contribution in [3.05, 3.63) is 54.1 Å².